The van der Waals surface area contributed by atoms with Crippen LogP contribution in [-0.2, 0) is 13.0 Å². The summed E-state index contributed by atoms with van der Waals surface area (Å²) in [5, 5.41) is 0. The molecule has 3 nitrogen and oxygen atoms in total. The van der Waals surface area contributed by atoms with Gasteiger partial charge in [0.2, 0.25) is 0 Å². The van der Waals surface area contributed by atoms with Gasteiger partial charge in [0.05, 0.1) is 3.79 Å². The van der Waals surface area contributed by atoms with E-state index in [1.54, 1.807) is 11.3 Å². The fraction of sp³-hybridized carbons (Fsp3) is 0.364. The normalized spacial score (nSPS) is 12.9. The predicted molar refractivity (Wildman–Crippen MR) is 78.3 cm³/mol. The largest absolute Gasteiger partial charge is 0.335 e. The van der Waals surface area contributed by atoms with E-state index in [1.165, 1.54) is 0 Å². The van der Waals surface area contributed by atoms with Crippen LogP contribution < -0.4 is 5.73 Å². The molecule has 2 heterocycles. The third-order valence-electron chi connectivity index (χ3n) is 2.57. The number of imidazole rings is 1. The van der Waals surface area contributed by atoms with Crippen molar-refractivity contribution >= 4 is 43.2 Å². The average molecular weight is 379 g/mol. The first-order valence-electron chi connectivity index (χ1n) is 5.32. The Kier molecular flexibility index (Phi) is 4.41. The zero-order chi connectivity index (χ0) is 12.4. The fourth-order valence-electron chi connectivity index (χ4n) is 1.66. The highest BCUT2D eigenvalue weighted by molar-refractivity contribution is 9.13. The van der Waals surface area contributed by atoms with E-state index in [0.29, 0.717) is 0 Å². The molecule has 2 aromatic rings. The zero-order valence-electron chi connectivity index (χ0n) is 9.36. The van der Waals surface area contributed by atoms with Gasteiger partial charge in [-0.2, -0.15) is 0 Å². The van der Waals surface area contributed by atoms with Crippen molar-refractivity contribution in [2.45, 2.75) is 25.9 Å². The summed E-state index contributed by atoms with van der Waals surface area (Å²) in [5.41, 5.74) is 6.21. The lowest BCUT2D eigenvalue weighted by atomic mass is 10.2. The molecule has 0 saturated carbocycles. The Bertz CT molecular complexity index is 487. The van der Waals surface area contributed by atoms with Crippen LogP contribution in [0.1, 0.15) is 23.7 Å². The second kappa shape index (κ2) is 5.65. The van der Waals surface area contributed by atoms with Crippen LogP contribution >= 0.6 is 43.2 Å². The lowest BCUT2D eigenvalue weighted by Crippen LogP contribution is -2.15. The van der Waals surface area contributed by atoms with Gasteiger partial charge in [0.1, 0.15) is 5.82 Å². The van der Waals surface area contributed by atoms with E-state index < -0.39 is 0 Å². The van der Waals surface area contributed by atoms with Crippen LogP contribution in [-0.4, -0.2) is 9.55 Å². The molecule has 0 spiro atoms. The average Bonchev–Trinajstić information content (AvgIpc) is 2.86. The molecule has 0 aliphatic rings. The molecule has 0 aliphatic heterocycles. The summed E-state index contributed by atoms with van der Waals surface area (Å²) in [5.74, 6) is 1.04. The molecule has 2 N–H and O–H groups in total. The van der Waals surface area contributed by atoms with Gasteiger partial charge in [0.15, 0.2) is 0 Å². The molecule has 1 atom stereocenters. The molecule has 0 saturated heterocycles. The predicted octanol–water partition coefficient (Wildman–Crippen LogP) is 3.73. The van der Waals surface area contributed by atoms with Gasteiger partial charge in [-0.25, -0.2) is 4.98 Å². The van der Waals surface area contributed by atoms with E-state index in [0.717, 1.165) is 31.9 Å². The number of halogens is 2. The van der Waals surface area contributed by atoms with E-state index in [1.807, 2.05) is 12.4 Å². The Hall–Kier alpha value is -0.170. The van der Waals surface area contributed by atoms with E-state index in [2.05, 4.69) is 54.4 Å². The Balaban J connectivity index is 2.14. The standard InChI is InChI=1S/C11H13Br2N3S/c1-2-16-4-3-15-10(16)6-8(14)9-5-7(12)11(13)17-9/h3-5,8H,2,6,14H2,1H3. The molecular formula is C11H13Br2N3S. The first-order valence-corrected chi connectivity index (χ1v) is 7.72. The van der Waals surface area contributed by atoms with Gasteiger partial charge in [0.25, 0.3) is 0 Å². The monoisotopic (exact) mass is 377 g/mol. The van der Waals surface area contributed by atoms with Crippen molar-refractivity contribution in [3.8, 4) is 0 Å². The SMILES string of the molecule is CCn1ccnc1CC(N)c1cc(Br)c(Br)s1. The minimum atomic E-state index is -0.00435. The number of aryl methyl sites for hydroxylation is 1. The van der Waals surface area contributed by atoms with Crippen LogP contribution in [0, 0.1) is 0 Å². The molecule has 2 rings (SSSR count). The van der Waals surface area contributed by atoms with Crippen molar-refractivity contribution in [3.63, 3.8) is 0 Å². The molecule has 0 bridgehead atoms. The number of nitrogens with zero attached hydrogens (tertiary/aromatic N) is 2. The lowest BCUT2D eigenvalue weighted by Gasteiger charge is -2.10. The van der Waals surface area contributed by atoms with Gasteiger partial charge in [-0.15, -0.1) is 11.3 Å². The van der Waals surface area contributed by atoms with Gasteiger partial charge < -0.3 is 10.3 Å². The smallest absolute Gasteiger partial charge is 0.110 e. The molecule has 2 aromatic heterocycles. The first-order chi connectivity index (χ1) is 8.11. The van der Waals surface area contributed by atoms with E-state index >= 15 is 0 Å². The molecule has 92 valence electrons. The minimum absolute atomic E-state index is 0.00435. The van der Waals surface area contributed by atoms with E-state index in [-0.39, 0.29) is 6.04 Å². The molecule has 0 radical (unpaired) electrons. The molecule has 6 heteroatoms. The number of hydrogen-bond acceptors (Lipinski definition) is 3. The number of hydrogen-bond donors (Lipinski definition) is 1. The number of nitrogens with two attached hydrogens (primary N) is 1. The van der Waals surface area contributed by atoms with Crippen molar-refractivity contribution < 1.29 is 0 Å². The second-order valence-corrected chi connectivity index (χ2v) is 6.97. The van der Waals surface area contributed by atoms with Crippen LogP contribution in [0.2, 0.25) is 0 Å². The molecular weight excluding hydrogens is 366 g/mol. The Morgan fingerprint density at radius 3 is 2.88 bits per heavy atom. The summed E-state index contributed by atoms with van der Waals surface area (Å²) < 4.78 is 4.27. The van der Waals surface area contributed by atoms with Crippen LogP contribution in [0.4, 0.5) is 0 Å². The number of aromatic nitrogens is 2. The van der Waals surface area contributed by atoms with Crippen LogP contribution in [0.5, 0.6) is 0 Å². The van der Waals surface area contributed by atoms with Crippen molar-refractivity contribution in [1.29, 1.82) is 0 Å². The van der Waals surface area contributed by atoms with Crippen LogP contribution in [0.25, 0.3) is 0 Å². The maximum atomic E-state index is 6.21. The maximum Gasteiger partial charge on any atom is 0.110 e. The summed E-state index contributed by atoms with van der Waals surface area (Å²) in [4.78, 5) is 5.51. The maximum absolute atomic E-state index is 6.21. The summed E-state index contributed by atoms with van der Waals surface area (Å²) >= 11 is 8.63. The summed E-state index contributed by atoms with van der Waals surface area (Å²) in [6.45, 7) is 3.04. The molecule has 0 aliphatic carbocycles. The zero-order valence-corrected chi connectivity index (χ0v) is 13.3. The van der Waals surface area contributed by atoms with Crippen molar-refractivity contribution in [1.82, 2.24) is 9.55 Å². The van der Waals surface area contributed by atoms with E-state index in [9.17, 15) is 0 Å². The Morgan fingerprint density at radius 1 is 1.53 bits per heavy atom. The molecule has 0 fully saturated rings. The lowest BCUT2D eigenvalue weighted by molar-refractivity contribution is 0.634. The molecule has 0 amide bonds. The fourth-order valence-corrected chi connectivity index (χ4v) is 3.75. The third kappa shape index (κ3) is 2.99. The van der Waals surface area contributed by atoms with Crippen molar-refractivity contribution in [2.75, 3.05) is 0 Å². The quantitative estimate of drug-likeness (QED) is 0.880. The van der Waals surface area contributed by atoms with Crippen LogP contribution in [0.15, 0.2) is 26.7 Å². The molecule has 1 unspecified atom stereocenters. The minimum Gasteiger partial charge on any atom is -0.335 e. The van der Waals surface area contributed by atoms with Gasteiger partial charge in [-0.1, -0.05) is 0 Å². The highest BCUT2D eigenvalue weighted by Gasteiger charge is 2.14. The van der Waals surface area contributed by atoms with Gasteiger partial charge >= 0.3 is 0 Å². The van der Waals surface area contributed by atoms with Crippen molar-refractivity contribution in [2.24, 2.45) is 5.73 Å². The summed E-state index contributed by atoms with van der Waals surface area (Å²) in [7, 11) is 0. The molecule has 17 heavy (non-hydrogen) atoms. The number of thiophene rings is 1. The highest BCUT2D eigenvalue weighted by atomic mass is 79.9. The van der Waals surface area contributed by atoms with Gasteiger partial charge in [-0.05, 0) is 44.8 Å². The third-order valence-corrected chi connectivity index (χ3v) is 5.96. The van der Waals surface area contributed by atoms with Gasteiger partial charge in [0, 0.05) is 40.8 Å². The summed E-state index contributed by atoms with van der Waals surface area (Å²) in [6.07, 6.45) is 4.58. The van der Waals surface area contributed by atoms with Gasteiger partial charge in [-0.3, -0.25) is 0 Å². The first kappa shape index (κ1) is 13.3. The van der Waals surface area contributed by atoms with E-state index in [4.69, 9.17) is 5.73 Å². The Labute approximate surface area is 121 Å². The Morgan fingerprint density at radius 2 is 2.29 bits per heavy atom. The second-order valence-electron chi connectivity index (χ2n) is 3.71. The topological polar surface area (TPSA) is 43.8 Å². The summed E-state index contributed by atoms with van der Waals surface area (Å²) in [6, 6.07) is 2.06. The highest BCUT2D eigenvalue weighted by Crippen LogP contribution is 2.35. The van der Waals surface area contributed by atoms with Crippen molar-refractivity contribution in [3.05, 3.63) is 37.4 Å². The number of rotatable bonds is 4. The van der Waals surface area contributed by atoms with Crippen LogP contribution in [0.3, 0.4) is 0 Å². The molecule has 0 aromatic carbocycles.